The molecule has 1 fully saturated rings. The van der Waals surface area contributed by atoms with Gasteiger partial charge in [0.05, 0.1) is 9.89 Å². The summed E-state index contributed by atoms with van der Waals surface area (Å²) in [6, 6.07) is 0. The summed E-state index contributed by atoms with van der Waals surface area (Å²) in [5, 5.41) is -0.305. The maximum atomic E-state index is 12.4. The van der Waals surface area contributed by atoms with E-state index in [1.165, 1.54) is 12.4 Å². The lowest BCUT2D eigenvalue weighted by atomic mass is 9.92. The number of sulfonamides is 1. The van der Waals surface area contributed by atoms with E-state index >= 15 is 0 Å². The van der Waals surface area contributed by atoms with Crippen LogP contribution in [-0.4, -0.2) is 48.8 Å². The van der Waals surface area contributed by atoms with E-state index in [9.17, 15) is 13.2 Å². The number of hydrogen-bond donors (Lipinski definition) is 1. The number of halogens is 1. The molecule has 0 bridgehead atoms. The Kier molecular flexibility index (Phi) is 5.18. The minimum Gasteiger partial charge on any atom is -0.342 e. The van der Waals surface area contributed by atoms with Crippen LogP contribution in [0.1, 0.15) is 26.7 Å². The Balaban J connectivity index is 2.03. The zero-order valence-electron chi connectivity index (χ0n) is 12.5. The standard InChI is InChI=1S/C13H19BrN4O3S/c1-13(2,11(19)18-5-3-4-6-18)9-17-22(20,21)12-15-7-10(14)8-16-12/h7-8,17H,3-6,9H2,1-2H3. The van der Waals surface area contributed by atoms with E-state index in [2.05, 4.69) is 30.6 Å². The van der Waals surface area contributed by atoms with Crippen LogP contribution in [0.15, 0.2) is 22.0 Å². The molecule has 1 amide bonds. The van der Waals surface area contributed by atoms with E-state index in [0.717, 1.165) is 25.9 Å². The summed E-state index contributed by atoms with van der Waals surface area (Å²) < 4.78 is 27.3. The van der Waals surface area contributed by atoms with Crippen LogP contribution in [0.3, 0.4) is 0 Å². The van der Waals surface area contributed by atoms with Crippen molar-refractivity contribution in [2.45, 2.75) is 31.8 Å². The van der Waals surface area contributed by atoms with Crippen LogP contribution in [0.2, 0.25) is 0 Å². The van der Waals surface area contributed by atoms with Gasteiger partial charge in [-0.2, -0.15) is 0 Å². The number of carbonyl (C=O) groups is 1. The summed E-state index contributed by atoms with van der Waals surface area (Å²) in [6.07, 6.45) is 4.73. The second kappa shape index (κ2) is 6.59. The largest absolute Gasteiger partial charge is 0.342 e. The Bertz CT molecular complexity index is 640. The molecule has 0 atom stereocenters. The average molecular weight is 391 g/mol. The molecule has 0 unspecified atom stereocenters. The van der Waals surface area contributed by atoms with Crippen LogP contribution < -0.4 is 4.72 Å². The van der Waals surface area contributed by atoms with E-state index < -0.39 is 15.4 Å². The van der Waals surface area contributed by atoms with Crippen LogP contribution in [0.25, 0.3) is 0 Å². The number of carbonyl (C=O) groups excluding carboxylic acids is 1. The summed E-state index contributed by atoms with van der Waals surface area (Å²) in [4.78, 5) is 21.7. The van der Waals surface area contributed by atoms with Gasteiger partial charge in [0.25, 0.3) is 15.2 Å². The summed E-state index contributed by atoms with van der Waals surface area (Å²) in [5.41, 5.74) is -0.813. The molecule has 1 N–H and O–H groups in total. The number of nitrogens with one attached hydrogen (secondary N) is 1. The Morgan fingerprint density at radius 1 is 1.32 bits per heavy atom. The predicted molar refractivity (Wildman–Crippen MR) is 84.5 cm³/mol. The number of rotatable bonds is 5. The van der Waals surface area contributed by atoms with Gasteiger partial charge in [-0.05, 0) is 42.6 Å². The highest BCUT2D eigenvalue weighted by molar-refractivity contribution is 9.10. The maximum Gasteiger partial charge on any atom is 0.276 e. The molecular formula is C13H19BrN4O3S. The molecule has 0 spiro atoms. The van der Waals surface area contributed by atoms with Crippen LogP contribution >= 0.6 is 15.9 Å². The van der Waals surface area contributed by atoms with Gasteiger partial charge in [-0.3, -0.25) is 4.79 Å². The molecule has 22 heavy (non-hydrogen) atoms. The summed E-state index contributed by atoms with van der Waals surface area (Å²) in [6.45, 7) is 4.96. The van der Waals surface area contributed by atoms with E-state index in [1.807, 2.05) is 0 Å². The van der Waals surface area contributed by atoms with Crippen LogP contribution in [0.4, 0.5) is 0 Å². The topological polar surface area (TPSA) is 92.3 Å². The van der Waals surface area contributed by atoms with E-state index in [4.69, 9.17) is 0 Å². The minimum absolute atomic E-state index is 0.00406. The highest BCUT2D eigenvalue weighted by Gasteiger charge is 2.34. The molecule has 1 aromatic rings. The van der Waals surface area contributed by atoms with Gasteiger partial charge in [0.15, 0.2) is 0 Å². The first-order valence-electron chi connectivity index (χ1n) is 6.99. The van der Waals surface area contributed by atoms with Gasteiger partial charge < -0.3 is 4.90 Å². The van der Waals surface area contributed by atoms with Crippen molar-refractivity contribution in [2.75, 3.05) is 19.6 Å². The maximum absolute atomic E-state index is 12.4. The number of likely N-dealkylation sites (tertiary alicyclic amines) is 1. The van der Waals surface area contributed by atoms with Gasteiger partial charge in [0, 0.05) is 32.0 Å². The second-order valence-corrected chi connectivity index (χ2v) is 8.47. The summed E-state index contributed by atoms with van der Waals surface area (Å²) in [7, 11) is -3.83. The first-order valence-corrected chi connectivity index (χ1v) is 9.26. The van der Waals surface area contributed by atoms with Gasteiger partial charge in [0.1, 0.15) is 0 Å². The van der Waals surface area contributed by atoms with Crippen LogP contribution in [0, 0.1) is 5.41 Å². The van der Waals surface area contributed by atoms with Crippen molar-refractivity contribution < 1.29 is 13.2 Å². The predicted octanol–water partition coefficient (Wildman–Crippen LogP) is 1.17. The second-order valence-electron chi connectivity index (χ2n) is 5.89. The molecule has 0 aliphatic carbocycles. The lowest BCUT2D eigenvalue weighted by Gasteiger charge is -2.29. The van der Waals surface area contributed by atoms with Crippen molar-refractivity contribution in [3.8, 4) is 0 Å². The van der Waals surface area contributed by atoms with Gasteiger partial charge in [0.2, 0.25) is 5.91 Å². The van der Waals surface area contributed by atoms with Crippen molar-refractivity contribution in [3.05, 3.63) is 16.9 Å². The third kappa shape index (κ3) is 4.02. The first-order chi connectivity index (χ1) is 10.2. The molecule has 1 aliphatic heterocycles. The van der Waals surface area contributed by atoms with Crippen LogP contribution in [-0.2, 0) is 14.8 Å². The zero-order chi connectivity index (χ0) is 16.4. The Morgan fingerprint density at radius 2 is 1.86 bits per heavy atom. The van der Waals surface area contributed by atoms with Crippen molar-refractivity contribution in [1.29, 1.82) is 0 Å². The van der Waals surface area contributed by atoms with Gasteiger partial charge >= 0.3 is 0 Å². The molecule has 7 nitrogen and oxygen atoms in total. The Morgan fingerprint density at radius 3 is 2.41 bits per heavy atom. The van der Waals surface area contributed by atoms with E-state index in [0.29, 0.717) is 4.47 Å². The Labute approximate surface area is 138 Å². The summed E-state index contributed by atoms with van der Waals surface area (Å²) in [5.74, 6) is -0.0376. The van der Waals surface area contributed by atoms with E-state index in [1.54, 1.807) is 18.7 Å². The number of amides is 1. The molecule has 122 valence electrons. The van der Waals surface area contributed by atoms with Gasteiger partial charge in [-0.15, -0.1) is 0 Å². The monoisotopic (exact) mass is 390 g/mol. The SMILES string of the molecule is CC(C)(CNS(=O)(=O)c1ncc(Br)cn1)C(=O)N1CCCC1. The smallest absolute Gasteiger partial charge is 0.276 e. The minimum atomic E-state index is -3.83. The fourth-order valence-electron chi connectivity index (χ4n) is 2.20. The van der Waals surface area contributed by atoms with Crippen molar-refractivity contribution in [3.63, 3.8) is 0 Å². The molecule has 0 saturated carbocycles. The molecule has 9 heteroatoms. The van der Waals surface area contributed by atoms with E-state index in [-0.39, 0.29) is 17.6 Å². The third-order valence-corrected chi connectivity index (χ3v) is 5.14. The van der Waals surface area contributed by atoms with Crippen LogP contribution in [0.5, 0.6) is 0 Å². The molecular weight excluding hydrogens is 372 g/mol. The molecule has 2 heterocycles. The highest BCUT2D eigenvalue weighted by atomic mass is 79.9. The average Bonchev–Trinajstić information content (AvgIpc) is 2.99. The fourth-order valence-corrected chi connectivity index (χ4v) is 3.47. The molecule has 0 radical (unpaired) electrons. The number of hydrogen-bond acceptors (Lipinski definition) is 5. The normalized spacial score (nSPS) is 16.0. The van der Waals surface area contributed by atoms with Crippen molar-refractivity contribution in [2.24, 2.45) is 5.41 Å². The lowest BCUT2D eigenvalue weighted by molar-refractivity contribution is -0.138. The van der Waals surface area contributed by atoms with Gasteiger partial charge in [-0.25, -0.2) is 23.1 Å². The first kappa shape index (κ1) is 17.3. The van der Waals surface area contributed by atoms with Gasteiger partial charge in [-0.1, -0.05) is 0 Å². The summed E-state index contributed by atoms with van der Waals surface area (Å²) >= 11 is 3.15. The van der Waals surface area contributed by atoms with Crippen molar-refractivity contribution in [1.82, 2.24) is 19.6 Å². The fraction of sp³-hybridized carbons (Fsp3) is 0.615. The molecule has 1 aliphatic rings. The Hall–Kier alpha value is -1.06. The molecule has 0 aromatic carbocycles. The van der Waals surface area contributed by atoms with Crippen molar-refractivity contribution >= 4 is 31.9 Å². The molecule has 1 aromatic heterocycles. The highest BCUT2D eigenvalue weighted by Crippen LogP contribution is 2.22. The lowest BCUT2D eigenvalue weighted by Crippen LogP contribution is -2.46. The number of aromatic nitrogens is 2. The third-order valence-electron chi connectivity index (χ3n) is 3.51. The molecule has 1 saturated heterocycles. The molecule has 2 rings (SSSR count). The quantitative estimate of drug-likeness (QED) is 0.761. The number of nitrogens with zero attached hydrogens (tertiary/aromatic N) is 3. The zero-order valence-corrected chi connectivity index (χ0v) is 14.9.